The number of carbonyl (C=O) groups is 2. The molecule has 0 unspecified atom stereocenters. The van der Waals surface area contributed by atoms with Gasteiger partial charge in [0.25, 0.3) is 0 Å². The van der Waals surface area contributed by atoms with Crippen LogP contribution in [0.25, 0.3) is 12.2 Å². The minimum atomic E-state index is -1.09. The Hall–Kier alpha value is -2.68. The van der Waals surface area contributed by atoms with Gasteiger partial charge in [0.05, 0.1) is 13.7 Å². The fourth-order valence-electron chi connectivity index (χ4n) is 3.83. The zero-order valence-corrected chi connectivity index (χ0v) is 27.0. The van der Waals surface area contributed by atoms with Gasteiger partial charge < -0.3 is 9.47 Å². The predicted octanol–water partition coefficient (Wildman–Crippen LogP) is 6.88. The van der Waals surface area contributed by atoms with Crippen molar-refractivity contribution in [3.8, 4) is 23.0 Å². The Morgan fingerprint density at radius 1 is 0.750 bits per heavy atom. The molecule has 0 saturated carbocycles. The molecule has 0 amide bonds. The van der Waals surface area contributed by atoms with Crippen molar-refractivity contribution in [2.24, 2.45) is 0 Å². The van der Waals surface area contributed by atoms with Gasteiger partial charge in [-0.1, -0.05) is 12.1 Å². The van der Waals surface area contributed by atoms with Crippen LogP contribution in [0.2, 0.25) is 0 Å². The van der Waals surface area contributed by atoms with E-state index < -0.39 is 7.26 Å². The van der Waals surface area contributed by atoms with Gasteiger partial charge in [0, 0.05) is 0 Å². The molecule has 2 aromatic rings. The second-order valence-corrected chi connectivity index (χ2v) is 19.3. The molecule has 2 aromatic carbocycles. The molecule has 0 saturated heterocycles. The summed E-state index contributed by atoms with van der Waals surface area (Å²) in [6.45, 7) is 12.8. The number of rotatable bonds is 18. The zero-order chi connectivity index (χ0) is 29.5. The SMILES string of the molecule is COc1cc(/C=C/C(=O)CC(=O)/C=C/c2ccc(OCCC[PH](C)(C)C)c(OC)c2)ccc1OCCCP(C)C. The van der Waals surface area contributed by atoms with Gasteiger partial charge in [0.1, 0.15) is 0 Å². The van der Waals surface area contributed by atoms with E-state index in [4.69, 9.17) is 18.9 Å². The van der Waals surface area contributed by atoms with Crippen molar-refractivity contribution in [2.45, 2.75) is 19.3 Å². The fraction of sp³-hybridized carbons (Fsp3) is 0.438. The Labute approximate surface area is 242 Å². The van der Waals surface area contributed by atoms with Gasteiger partial charge in [0.15, 0.2) is 17.3 Å². The van der Waals surface area contributed by atoms with Crippen LogP contribution in [-0.4, -0.2) is 84.6 Å². The molecule has 8 heteroatoms. The third-order valence-electron chi connectivity index (χ3n) is 5.98. The topological polar surface area (TPSA) is 71.1 Å². The summed E-state index contributed by atoms with van der Waals surface area (Å²) in [7, 11) is 2.17. The molecule has 0 radical (unpaired) electrons. The van der Waals surface area contributed by atoms with Crippen LogP contribution < -0.4 is 18.9 Å². The largest absolute Gasteiger partial charge is 0.490 e. The zero-order valence-electron chi connectivity index (χ0n) is 25.1. The van der Waals surface area contributed by atoms with E-state index >= 15 is 0 Å². The maximum absolute atomic E-state index is 12.4. The molecule has 220 valence electrons. The summed E-state index contributed by atoms with van der Waals surface area (Å²) in [5.74, 6) is 2.05. The summed E-state index contributed by atoms with van der Waals surface area (Å²) in [6.07, 6.45) is 10.4. The number of hydrogen-bond acceptors (Lipinski definition) is 6. The first kappa shape index (κ1) is 33.5. The molecule has 0 fully saturated rings. The van der Waals surface area contributed by atoms with Gasteiger partial charge in [-0.05, 0) is 49.7 Å². The van der Waals surface area contributed by atoms with Crippen LogP contribution in [0.1, 0.15) is 30.4 Å². The molecule has 6 nitrogen and oxygen atoms in total. The number of ether oxygens (including phenoxy) is 4. The molecule has 0 aromatic heterocycles. The molecule has 2 rings (SSSR count). The van der Waals surface area contributed by atoms with Crippen LogP contribution in [0, 0.1) is 0 Å². The summed E-state index contributed by atoms with van der Waals surface area (Å²) in [6, 6.07) is 11.1. The van der Waals surface area contributed by atoms with E-state index in [1.165, 1.54) is 24.5 Å². The normalized spacial score (nSPS) is 12.2. The van der Waals surface area contributed by atoms with Gasteiger partial charge in [-0.25, -0.2) is 0 Å². The van der Waals surface area contributed by atoms with Crippen molar-refractivity contribution in [3.63, 3.8) is 0 Å². The number of allylic oxidation sites excluding steroid dienone is 2. The van der Waals surface area contributed by atoms with E-state index in [2.05, 4.69) is 33.3 Å². The first-order valence-electron chi connectivity index (χ1n) is 13.7. The Balaban J connectivity index is 1.89. The van der Waals surface area contributed by atoms with Gasteiger partial charge in [-0.3, -0.25) is 4.79 Å². The van der Waals surface area contributed by atoms with E-state index in [-0.39, 0.29) is 25.9 Å². The molecule has 40 heavy (non-hydrogen) atoms. The standard InChI is InChI=1S/C32H46O6P2/c1-35-31-22-25(12-16-29(31)37-18-8-20-39(3)4)10-14-27(33)24-28(34)15-11-26-13-17-30(32(23-26)36-2)38-19-9-21-40(5,6)7/h10-17,22-23,40H,8-9,18-21,24H2,1-7H3/b14-10+,15-11+. The minimum absolute atomic E-state index is 0.0719. The monoisotopic (exact) mass is 588 g/mol. The minimum Gasteiger partial charge on any atom is -0.490 e. The van der Waals surface area contributed by atoms with Crippen LogP contribution >= 0.6 is 15.2 Å². The third kappa shape index (κ3) is 13.1. The maximum atomic E-state index is 12.4. The van der Waals surface area contributed by atoms with E-state index in [0.29, 0.717) is 36.2 Å². The smallest absolute Gasteiger partial charge is 0.161 e. The molecule has 0 aliphatic carbocycles. The molecule has 0 aliphatic rings. The van der Waals surface area contributed by atoms with Crippen LogP contribution in [0.5, 0.6) is 23.0 Å². The Morgan fingerprint density at radius 3 is 1.65 bits per heavy atom. The second-order valence-electron chi connectivity index (χ2n) is 11.1. The number of carbonyl (C=O) groups excluding carboxylic acids is 2. The van der Waals surface area contributed by atoms with Gasteiger partial charge >= 0.3 is 127 Å². The molecule has 0 atom stereocenters. The van der Waals surface area contributed by atoms with E-state index in [0.717, 1.165) is 24.0 Å². The van der Waals surface area contributed by atoms with Crippen molar-refractivity contribution in [2.75, 3.05) is 73.1 Å². The van der Waals surface area contributed by atoms with Crippen molar-refractivity contribution < 1.29 is 28.5 Å². The summed E-state index contributed by atoms with van der Waals surface area (Å²) >= 11 is 0. The van der Waals surface area contributed by atoms with Crippen LogP contribution in [-0.2, 0) is 9.59 Å². The Bertz CT molecular complexity index is 1160. The molecular formula is C32H46O6P2. The number of benzene rings is 2. The maximum Gasteiger partial charge on any atom is 0.161 e. The van der Waals surface area contributed by atoms with Gasteiger partial charge in [0.2, 0.25) is 0 Å². The third-order valence-corrected chi connectivity index (χ3v) is 9.05. The molecule has 0 aliphatic heterocycles. The Kier molecular flexibility index (Phi) is 14.4. The molecule has 0 bridgehead atoms. The predicted molar refractivity (Wildman–Crippen MR) is 173 cm³/mol. The van der Waals surface area contributed by atoms with Crippen LogP contribution in [0.3, 0.4) is 0 Å². The Morgan fingerprint density at radius 2 is 1.23 bits per heavy atom. The van der Waals surface area contributed by atoms with E-state index in [1.807, 2.05) is 36.4 Å². The average Bonchev–Trinajstić information content (AvgIpc) is 2.91. The summed E-state index contributed by atoms with van der Waals surface area (Å²) in [4.78, 5) is 24.8. The average molecular weight is 589 g/mol. The van der Waals surface area contributed by atoms with Gasteiger partial charge in [-0.15, -0.1) is 7.92 Å². The van der Waals surface area contributed by atoms with Crippen molar-refractivity contribution in [1.82, 2.24) is 0 Å². The summed E-state index contributed by atoms with van der Waals surface area (Å²) in [5.41, 5.74) is 1.59. The van der Waals surface area contributed by atoms with E-state index in [9.17, 15) is 9.59 Å². The van der Waals surface area contributed by atoms with Crippen molar-refractivity contribution in [1.29, 1.82) is 0 Å². The first-order chi connectivity index (χ1) is 19.0. The quantitative estimate of drug-likeness (QED) is 0.0819. The number of methoxy groups -OCH3 is 2. The van der Waals surface area contributed by atoms with E-state index in [1.54, 1.807) is 26.4 Å². The van der Waals surface area contributed by atoms with Crippen LogP contribution in [0.15, 0.2) is 48.6 Å². The molecule has 0 spiro atoms. The summed E-state index contributed by atoms with van der Waals surface area (Å²) in [5, 5.41) is 0. The number of ketones is 2. The van der Waals surface area contributed by atoms with Crippen molar-refractivity contribution in [3.05, 3.63) is 59.7 Å². The number of hydrogen-bond donors (Lipinski definition) is 0. The first-order valence-corrected chi connectivity index (χ1v) is 19.8. The molecule has 0 N–H and O–H groups in total. The molecule has 0 heterocycles. The fourth-order valence-corrected chi connectivity index (χ4v) is 5.80. The van der Waals surface area contributed by atoms with Crippen LogP contribution in [0.4, 0.5) is 0 Å². The second kappa shape index (κ2) is 17.2. The van der Waals surface area contributed by atoms with Crippen molar-refractivity contribution >= 4 is 38.9 Å². The molecular weight excluding hydrogens is 542 g/mol. The summed E-state index contributed by atoms with van der Waals surface area (Å²) < 4.78 is 22.7. The van der Waals surface area contributed by atoms with Gasteiger partial charge in [-0.2, -0.15) is 0 Å².